The normalized spacial score (nSPS) is 13.0. The molecule has 1 atom stereocenters. The van der Waals surface area contributed by atoms with Crippen molar-refractivity contribution in [3.05, 3.63) is 146 Å². The molecule has 0 radical (unpaired) electrons. The van der Waals surface area contributed by atoms with Crippen molar-refractivity contribution in [1.82, 2.24) is 0 Å². The number of allylic oxidation sites excluding steroid dienone is 24. The quantitative estimate of drug-likeness (QED) is 0.0261. The predicted octanol–water partition coefficient (Wildman–Crippen LogP) is 23.9. The van der Waals surface area contributed by atoms with Gasteiger partial charge in [0.05, 0.1) is 0 Å². The van der Waals surface area contributed by atoms with Gasteiger partial charge in [0.15, 0.2) is 6.10 Å². The fraction of sp³-hybridized carbons (Fsp3) is 0.649. The Kier molecular flexibility index (Phi) is 65.8. The second kappa shape index (κ2) is 69.8. The molecule has 0 aliphatic heterocycles. The maximum absolute atomic E-state index is 13.0. The van der Waals surface area contributed by atoms with Crippen molar-refractivity contribution >= 4 is 17.9 Å². The summed E-state index contributed by atoms with van der Waals surface area (Å²) in [6.07, 6.45) is 100.0. The maximum atomic E-state index is 13.0. The number of esters is 3. The van der Waals surface area contributed by atoms with Crippen LogP contribution in [0.1, 0.15) is 303 Å². The highest BCUT2D eigenvalue weighted by Crippen LogP contribution is 2.16. The topological polar surface area (TPSA) is 78.9 Å². The number of unbranched alkanes of at least 4 members (excludes halogenated alkanes) is 26. The Morgan fingerprint density at radius 2 is 0.434 bits per heavy atom. The molecule has 0 amide bonds. The first-order valence-corrected chi connectivity index (χ1v) is 34.3. The van der Waals surface area contributed by atoms with Gasteiger partial charge < -0.3 is 14.2 Å². The molecule has 0 aromatic rings. The zero-order chi connectivity index (χ0) is 59.9. The van der Waals surface area contributed by atoms with Crippen LogP contribution in [0.3, 0.4) is 0 Å². The van der Waals surface area contributed by atoms with Gasteiger partial charge in [-0.05, 0) is 135 Å². The molecule has 0 bridgehead atoms. The van der Waals surface area contributed by atoms with Crippen LogP contribution in [0.4, 0.5) is 0 Å². The molecule has 83 heavy (non-hydrogen) atoms. The van der Waals surface area contributed by atoms with Gasteiger partial charge in [-0.25, -0.2) is 0 Å². The van der Waals surface area contributed by atoms with Crippen LogP contribution in [0.25, 0.3) is 0 Å². The van der Waals surface area contributed by atoms with Crippen LogP contribution >= 0.6 is 0 Å². The Bertz CT molecular complexity index is 1800. The van der Waals surface area contributed by atoms with E-state index in [9.17, 15) is 14.4 Å². The van der Waals surface area contributed by atoms with E-state index in [0.29, 0.717) is 19.3 Å². The zero-order valence-corrected chi connectivity index (χ0v) is 53.9. The highest BCUT2D eigenvalue weighted by Gasteiger charge is 2.19. The minimum absolute atomic E-state index is 0.0900. The van der Waals surface area contributed by atoms with Gasteiger partial charge in [0, 0.05) is 19.3 Å². The van der Waals surface area contributed by atoms with Gasteiger partial charge in [-0.1, -0.05) is 295 Å². The predicted molar refractivity (Wildman–Crippen MR) is 362 cm³/mol. The Hall–Kier alpha value is -4.71. The van der Waals surface area contributed by atoms with Gasteiger partial charge in [-0.2, -0.15) is 0 Å². The summed E-state index contributed by atoms with van der Waals surface area (Å²) in [7, 11) is 0. The number of carbonyl (C=O) groups excluding carboxylic acids is 3. The third kappa shape index (κ3) is 68.0. The molecule has 1 unspecified atom stereocenters. The number of hydrogen-bond donors (Lipinski definition) is 0. The molecule has 0 aromatic heterocycles. The number of rotatable bonds is 61. The van der Waals surface area contributed by atoms with Crippen molar-refractivity contribution in [2.45, 2.75) is 309 Å². The van der Waals surface area contributed by atoms with Crippen molar-refractivity contribution in [2.75, 3.05) is 13.2 Å². The summed E-state index contributed by atoms with van der Waals surface area (Å²) in [6, 6.07) is 0. The maximum Gasteiger partial charge on any atom is 0.306 e. The van der Waals surface area contributed by atoms with E-state index in [-0.39, 0.29) is 31.1 Å². The third-order valence-electron chi connectivity index (χ3n) is 14.3. The van der Waals surface area contributed by atoms with Crippen LogP contribution in [-0.4, -0.2) is 37.2 Å². The van der Waals surface area contributed by atoms with Gasteiger partial charge >= 0.3 is 17.9 Å². The Morgan fingerprint density at radius 3 is 0.675 bits per heavy atom. The van der Waals surface area contributed by atoms with Crippen molar-refractivity contribution in [2.24, 2.45) is 0 Å². The minimum atomic E-state index is -0.796. The summed E-state index contributed by atoms with van der Waals surface area (Å²) in [5.41, 5.74) is 0. The SMILES string of the molecule is CC/C=C\C/C=C\C/C=C\C/C=C\C/C=C\CCCCCCCCCCCCCC(=O)OCC(COC(=O)CCCCCCCCC/C=C\C/C=C\C/C=C\CC)OC(=O)CCCCCCCCCC/C=C\C/C=C\C/C=C\C/C=C\CC. The van der Waals surface area contributed by atoms with E-state index in [1.54, 1.807) is 0 Å². The molecular weight excluding hydrogens is 1020 g/mol. The molecule has 0 heterocycles. The van der Waals surface area contributed by atoms with Gasteiger partial charge in [-0.3, -0.25) is 14.4 Å². The molecule has 6 nitrogen and oxygen atoms in total. The fourth-order valence-corrected chi connectivity index (χ4v) is 9.30. The molecule has 0 spiro atoms. The lowest BCUT2D eigenvalue weighted by molar-refractivity contribution is -0.167. The number of carbonyl (C=O) groups is 3. The molecule has 0 fully saturated rings. The Morgan fingerprint density at radius 1 is 0.241 bits per heavy atom. The molecule has 6 heteroatoms. The molecule has 0 aliphatic carbocycles. The van der Waals surface area contributed by atoms with Crippen molar-refractivity contribution in [3.8, 4) is 0 Å². The standard InChI is InChI=1S/C77H126O6/c1-4-7-10-13-16-19-22-25-28-31-33-35-36-37-38-39-40-42-43-46-49-52-55-58-61-64-67-70-76(79)82-73-74(72-81-75(78)69-66-63-60-57-54-51-48-45-30-27-24-21-18-15-12-9-6-3)83-77(80)71-68-65-62-59-56-53-50-47-44-41-34-32-29-26-23-20-17-14-11-8-5-2/h7-12,16-21,25-30,33-35,37-38,41,74H,4-6,13-15,22-24,31-32,36,39-40,42-73H2,1-3H3/b10-7-,11-8-,12-9-,19-16-,20-17-,21-18-,28-25-,29-26-,30-27-,35-33-,38-37-,41-34-. The third-order valence-corrected chi connectivity index (χ3v) is 14.3. The first kappa shape index (κ1) is 78.3. The first-order valence-electron chi connectivity index (χ1n) is 34.3. The first-order chi connectivity index (χ1) is 41.0. The summed E-state index contributed by atoms with van der Waals surface area (Å²) in [5, 5.41) is 0. The number of ether oxygens (including phenoxy) is 3. The van der Waals surface area contributed by atoms with Crippen LogP contribution in [0.15, 0.2) is 146 Å². The average Bonchev–Trinajstić information content (AvgIpc) is 3.49. The molecule has 0 aliphatic rings. The summed E-state index contributed by atoms with van der Waals surface area (Å²) in [5.74, 6) is -0.905. The van der Waals surface area contributed by atoms with Crippen molar-refractivity contribution < 1.29 is 28.6 Å². The van der Waals surface area contributed by atoms with Crippen molar-refractivity contribution in [1.29, 1.82) is 0 Å². The van der Waals surface area contributed by atoms with E-state index in [2.05, 4.69) is 167 Å². The lowest BCUT2D eigenvalue weighted by Gasteiger charge is -2.18. The van der Waals surface area contributed by atoms with Crippen LogP contribution < -0.4 is 0 Å². The number of hydrogen-bond acceptors (Lipinski definition) is 6. The average molecular weight is 1150 g/mol. The molecule has 0 saturated carbocycles. The smallest absolute Gasteiger partial charge is 0.306 e. The van der Waals surface area contributed by atoms with Crippen LogP contribution in [0, 0.1) is 0 Å². The van der Waals surface area contributed by atoms with E-state index in [1.807, 2.05) is 0 Å². The van der Waals surface area contributed by atoms with Crippen LogP contribution in [0.5, 0.6) is 0 Å². The molecular formula is C77H126O6. The van der Waals surface area contributed by atoms with E-state index in [0.717, 1.165) is 148 Å². The van der Waals surface area contributed by atoms with E-state index in [1.165, 1.54) is 116 Å². The molecule has 0 aromatic carbocycles. The largest absolute Gasteiger partial charge is 0.462 e. The zero-order valence-electron chi connectivity index (χ0n) is 53.9. The Balaban J connectivity index is 4.39. The van der Waals surface area contributed by atoms with Gasteiger partial charge in [0.2, 0.25) is 0 Å². The lowest BCUT2D eigenvalue weighted by atomic mass is 10.0. The molecule has 0 saturated heterocycles. The van der Waals surface area contributed by atoms with Gasteiger partial charge in [-0.15, -0.1) is 0 Å². The van der Waals surface area contributed by atoms with E-state index >= 15 is 0 Å². The molecule has 470 valence electrons. The minimum Gasteiger partial charge on any atom is -0.462 e. The second-order valence-electron chi connectivity index (χ2n) is 22.3. The monoisotopic (exact) mass is 1150 g/mol. The van der Waals surface area contributed by atoms with E-state index in [4.69, 9.17) is 14.2 Å². The van der Waals surface area contributed by atoms with Crippen LogP contribution in [-0.2, 0) is 28.6 Å². The van der Waals surface area contributed by atoms with Gasteiger partial charge in [0.25, 0.3) is 0 Å². The lowest BCUT2D eigenvalue weighted by Crippen LogP contribution is -2.30. The molecule has 0 N–H and O–H groups in total. The highest BCUT2D eigenvalue weighted by molar-refractivity contribution is 5.71. The Labute approximate surface area is 512 Å². The fourth-order valence-electron chi connectivity index (χ4n) is 9.30. The summed E-state index contributed by atoms with van der Waals surface area (Å²) in [4.78, 5) is 38.5. The van der Waals surface area contributed by atoms with Gasteiger partial charge in [0.1, 0.15) is 13.2 Å². The summed E-state index contributed by atoms with van der Waals surface area (Å²) < 4.78 is 17.0. The molecule has 0 rings (SSSR count). The van der Waals surface area contributed by atoms with Crippen molar-refractivity contribution in [3.63, 3.8) is 0 Å². The summed E-state index contributed by atoms with van der Waals surface area (Å²) in [6.45, 7) is 6.31. The van der Waals surface area contributed by atoms with E-state index < -0.39 is 6.10 Å². The summed E-state index contributed by atoms with van der Waals surface area (Å²) >= 11 is 0. The van der Waals surface area contributed by atoms with Crippen LogP contribution in [0.2, 0.25) is 0 Å². The second-order valence-corrected chi connectivity index (χ2v) is 22.3. The highest BCUT2D eigenvalue weighted by atomic mass is 16.6.